The zero-order valence-corrected chi connectivity index (χ0v) is 6.88. The second-order valence-electron chi connectivity index (χ2n) is 2.28. The number of hydrogen-bond donors (Lipinski definition) is 2. The first-order valence-corrected chi connectivity index (χ1v) is 3.65. The lowest BCUT2D eigenvalue weighted by Crippen LogP contribution is -1.92. The predicted molar refractivity (Wildman–Crippen MR) is 44.2 cm³/mol. The van der Waals surface area contributed by atoms with Gasteiger partial charge in [0.25, 0.3) is 5.24 Å². The van der Waals surface area contributed by atoms with Gasteiger partial charge in [0.1, 0.15) is 5.75 Å². The summed E-state index contributed by atoms with van der Waals surface area (Å²) in [5.74, 6) is -0.0424. The van der Waals surface area contributed by atoms with E-state index in [0.29, 0.717) is 5.56 Å². The molecule has 0 fully saturated rings. The topological polar surface area (TPSA) is 57.5 Å². The summed E-state index contributed by atoms with van der Waals surface area (Å²) in [6, 6.07) is 4.07. The van der Waals surface area contributed by atoms with E-state index in [1.807, 2.05) is 0 Å². The summed E-state index contributed by atoms with van der Waals surface area (Å²) >= 11 is 5.18. The highest BCUT2D eigenvalue weighted by atomic mass is 35.5. The van der Waals surface area contributed by atoms with Crippen LogP contribution in [0.1, 0.15) is 15.9 Å². The van der Waals surface area contributed by atoms with Crippen molar-refractivity contribution in [1.82, 2.24) is 0 Å². The third-order valence-corrected chi connectivity index (χ3v) is 1.70. The molecule has 4 heteroatoms. The lowest BCUT2D eigenvalue weighted by atomic mass is 10.1. The van der Waals surface area contributed by atoms with Crippen molar-refractivity contribution in [2.24, 2.45) is 0 Å². The fraction of sp³-hybridized carbons (Fsp3) is 0.125. The zero-order chi connectivity index (χ0) is 9.14. The van der Waals surface area contributed by atoms with Crippen molar-refractivity contribution in [2.45, 2.75) is 6.61 Å². The molecule has 0 unspecified atom stereocenters. The highest BCUT2D eigenvalue weighted by Crippen LogP contribution is 2.19. The first kappa shape index (κ1) is 9.03. The molecule has 0 saturated heterocycles. The van der Waals surface area contributed by atoms with E-state index in [-0.39, 0.29) is 17.9 Å². The van der Waals surface area contributed by atoms with Gasteiger partial charge in [-0.2, -0.15) is 0 Å². The van der Waals surface area contributed by atoms with Crippen LogP contribution in [0, 0.1) is 0 Å². The molecule has 0 bridgehead atoms. The van der Waals surface area contributed by atoms with Crippen LogP contribution in [0.4, 0.5) is 0 Å². The number of halogens is 1. The van der Waals surface area contributed by atoms with Gasteiger partial charge in [-0.25, -0.2) is 0 Å². The Hall–Kier alpha value is -1.06. The van der Waals surface area contributed by atoms with Gasteiger partial charge < -0.3 is 10.2 Å². The molecule has 0 atom stereocenters. The molecule has 1 rings (SSSR count). The van der Waals surface area contributed by atoms with Crippen molar-refractivity contribution in [3.63, 3.8) is 0 Å². The Balaban J connectivity index is 3.13. The predicted octanol–water partition coefficient (Wildman–Crippen LogP) is 1.26. The third kappa shape index (κ3) is 1.75. The Kier molecular flexibility index (Phi) is 2.68. The van der Waals surface area contributed by atoms with Crippen molar-refractivity contribution in [1.29, 1.82) is 0 Å². The quantitative estimate of drug-likeness (QED) is 0.684. The van der Waals surface area contributed by atoms with Crippen LogP contribution in [-0.4, -0.2) is 15.5 Å². The van der Waals surface area contributed by atoms with Crippen molar-refractivity contribution >= 4 is 16.8 Å². The molecule has 0 aromatic heterocycles. The number of phenols is 1. The summed E-state index contributed by atoms with van der Waals surface area (Å²) < 4.78 is 0. The van der Waals surface area contributed by atoms with Crippen molar-refractivity contribution < 1.29 is 15.0 Å². The molecule has 1 aromatic carbocycles. The van der Waals surface area contributed by atoms with E-state index < -0.39 is 5.24 Å². The molecule has 0 spiro atoms. The van der Waals surface area contributed by atoms with Crippen LogP contribution < -0.4 is 0 Å². The number of benzene rings is 1. The maximum absolute atomic E-state index is 10.6. The van der Waals surface area contributed by atoms with Gasteiger partial charge in [-0.3, -0.25) is 4.79 Å². The smallest absolute Gasteiger partial charge is 0.252 e. The second kappa shape index (κ2) is 3.56. The van der Waals surface area contributed by atoms with E-state index in [9.17, 15) is 4.79 Å². The Morgan fingerprint density at radius 3 is 2.67 bits per heavy atom. The maximum atomic E-state index is 10.6. The standard InChI is InChI=1S/C8H7ClO3/c9-8(12)5-1-2-7(11)6(3-5)4-10/h1-3,10-11H,4H2. The van der Waals surface area contributed by atoms with E-state index in [2.05, 4.69) is 0 Å². The van der Waals surface area contributed by atoms with Crippen LogP contribution in [0.5, 0.6) is 5.75 Å². The molecule has 0 aliphatic rings. The second-order valence-corrected chi connectivity index (χ2v) is 2.62. The van der Waals surface area contributed by atoms with Crippen LogP contribution >= 0.6 is 11.6 Å². The van der Waals surface area contributed by atoms with E-state index in [4.69, 9.17) is 21.8 Å². The lowest BCUT2D eigenvalue weighted by Gasteiger charge is -2.01. The number of hydrogen-bond acceptors (Lipinski definition) is 3. The average molecular weight is 187 g/mol. The molecule has 0 amide bonds. The number of rotatable bonds is 2. The van der Waals surface area contributed by atoms with Crippen LogP contribution in [0.3, 0.4) is 0 Å². The summed E-state index contributed by atoms with van der Waals surface area (Å²) in [7, 11) is 0. The highest BCUT2D eigenvalue weighted by Gasteiger charge is 2.05. The van der Waals surface area contributed by atoms with Gasteiger partial charge >= 0.3 is 0 Å². The normalized spacial score (nSPS) is 9.83. The lowest BCUT2D eigenvalue weighted by molar-refractivity contribution is 0.108. The number of carbonyl (C=O) groups excluding carboxylic acids is 1. The molecule has 12 heavy (non-hydrogen) atoms. The number of aliphatic hydroxyl groups is 1. The maximum Gasteiger partial charge on any atom is 0.252 e. The molecule has 0 radical (unpaired) electrons. The van der Waals surface area contributed by atoms with Crippen LogP contribution in [0.2, 0.25) is 0 Å². The number of carbonyl (C=O) groups is 1. The van der Waals surface area contributed by atoms with Gasteiger partial charge in [0.15, 0.2) is 0 Å². The first-order valence-electron chi connectivity index (χ1n) is 3.27. The van der Waals surface area contributed by atoms with Gasteiger partial charge in [0.2, 0.25) is 0 Å². The molecule has 1 aromatic rings. The fourth-order valence-electron chi connectivity index (χ4n) is 0.834. The largest absolute Gasteiger partial charge is 0.508 e. The minimum absolute atomic E-state index is 0.0424. The Morgan fingerprint density at radius 2 is 2.17 bits per heavy atom. The average Bonchev–Trinajstić information content (AvgIpc) is 2.05. The molecule has 0 aliphatic heterocycles. The minimum atomic E-state index is -0.607. The Bertz CT molecular complexity index is 309. The molecular formula is C8H7ClO3. The monoisotopic (exact) mass is 186 g/mol. The van der Waals surface area contributed by atoms with Gasteiger partial charge in [-0.1, -0.05) is 0 Å². The SMILES string of the molecule is O=C(Cl)c1ccc(O)c(CO)c1. The van der Waals surface area contributed by atoms with Crippen molar-refractivity contribution in [2.75, 3.05) is 0 Å². The van der Waals surface area contributed by atoms with Crippen molar-refractivity contribution in [3.8, 4) is 5.75 Å². The molecule has 0 saturated carbocycles. The molecule has 2 N–H and O–H groups in total. The summed E-state index contributed by atoms with van der Waals surface area (Å²) in [6.07, 6.45) is 0. The fourth-order valence-corrected chi connectivity index (χ4v) is 0.952. The van der Waals surface area contributed by atoms with Crippen molar-refractivity contribution in [3.05, 3.63) is 29.3 Å². The molecule has 64 valence electrons. The number of aliphatic hydroxyl groups excluding tert-OH is 1. The summed E-state index contributed by atoms with van der Waals surface area (Å²) in [4.78, 5) is 10.6. The van der Waals surface area contributed by atoms with Crippen LogP contribution in [-0.2, 0) is 6.61 Å². The van der Waals surface area contributed by atoms with Crippen LogP contribution in [0.15, 0.2) is 18.2 Å². The van der Waals surface area contributed by atoms with Gasteiger partial charge in [0, 0.05) is 11.1 Å². The van der Waals surface area contributed by atoms with Gasteiger partial charge in [-0.05, 0) is 29.8 Å². The number of aromatic hydroxyl groups is 1. The van der Waals surface area contributed by atoms with Gasteiger partial charge in [-0.15, -0.1) is 0 Å². The summed E-state index contributed by atoms with van der Waals surface area (Å²) in [5.41, 5.74) is 0.556. The van der Waals surface area contributed by atoms with Gasteiger partial charge in [0.05, 0.1) is 6.61 Å². The zero-order valence-electron chi connectivity index (χ0n) is 6.12. The van der Waals surface area contributed by atoms with Crippen LogP contribution in [0.25, 0.3) is 0 Å². The summed E-state index contributed by atoms with van der Waals surface area (Å²) in [5, 5.41) is 17.2. The highest BCUT2D eigenvalue weighted by molar-refractivity contribution is 6.67. The first-order chi connectivity index (χ1) is 5.65. The summed E-state index contributed by atoms with van der Waals surface area (Å²) in [6.45, 7) is -0.316. The molecule has 3 nitrogen and oxygen atoms in total. The van der Waals surface area contributed by atoms with E-state index in [1.165, 1.54) is 18.2 Å². The van der Waals surface area contributed by atoms with E-state index in [1.54, 1.807) is 0 Å². The molecule has 0 aliphatic carbocycles. The Morgan fingerprint density at radius 1 is 1.50 bits per heavy atom. The third-order valence-electron chi connectivity index (χ3n) is 1.48. The molecular weight excluding hydrogens is 180 g/mol. The van der Waals surface area contributed by atoms with E-state index in [0.717, 1.165) is 0 Å². The molecule has 0 heterocycles. The minimum Gasteiger partial charge on any atom is -0.508 e. The Labute approximate surface area is 74.2 Å². The van der Waals surface area contributed by atoms with E-state index >= 15 is 0 Å².